The fourth-order valence-electron chi connectivity index (χ4n) is 8.74. The van der Waals surface area contributed by atoms with Gasteiger partial charge in [0.2, 0.25) is 0 Å². The van der Waals surface area contributed by atoms with Crippen LogP contribution in [0, 0.1) is 29.1 Å². The zero-order valence-electron chi connectivity index (χ0n) is 37.0. The summed E-state index contributed by atoms with van der Waals surface area (Å²) < 4.78 is 27.7. The van der Waals surface area contributed by atoms with Crippen LogP contribution in [0.25, 0.3) is 0 Å². The second-order valence-corrected chi connectivity index (χ2v) is 16.4. The third kappa shape index (κ3) is 17.3. The highest BCUT2D eigenvalue weighted by Gasteiger charge is 2.38. The number of ether oxygens (including phenoxy) is 5. The maximum absolute atomic E-state index is 11.2. The first kappa shape index (κ1) is 49.4. The number of methoxy groups -OCH3 is 3. The lowest BCUT2D eigenvalue weighted by Gasteiger charge is -2.39. The third-order valence-electron chi connectivity index (χ3n) is 12.0. The molecule has 3 aromatic carbocycles. The Bertz CT molecular complexity index is 1540. The van der Waals surface area contributed by atoms with E-state index in [1.165, 1.54) is 31.2 Å². The van der Waals surface area contributed by atoms with Crippen molar-refractivity contribution in [2.45, 2.75) is 88.4 Å². The van der Waals surface area contributed by atoms with Gasteiger partial charge in [-0.3, -0.25) is 0 Å². The average molecular weight is 829 g/mol. The maximum atomic E-state index is 11.2. The molecule has 0 spiro atoms. The Morgan fingerprint density at radius 1 is 0.617 bits per heavy atom. The van der Waals surface area contributed by atoms with E-state index >= 15 is 0 Å². The van der Waals surface area contributed by atoms with Crippen LogP contribution in [0.15, 0.2) is 84.9 Å². The van der Waals surface area contributed by atoms with Gasteiger partial charge in [-0.25, -0.2) is 0 Å². The predicted molar refractivity (Wildman–Crippen MR) is 241 cm³/mol. The normalized spacial score (nSPS) is 21.1. The molecule has 60 heavy (non-hydrogen) atoms. The van der Waals surface area contributed by atoms with Gasteiger partial charge in [0.1, 0.15) is 0 Å². The smallest absolute Gasteiger partial charge is 0.0991 e. The number of unbranched alkanes of at least 4 members (excludes halogenated alkanes) is 1. The Labute approximate surface area is 362 Å². The van der Waals surface area contributed by atoms with Crippen LogP contribution in [-0.2, 0) is 29.3 Å². The van der Waals surface area contributed by atoms with Gasteiger partial charge < -0.3 is 44.7 Å². The van der Waals surface area contributed by atoms with Gasteiger partial charge in [0.25, 0.3) is 0 Å². The summed E-state index contributed by atoms with van der Waals surface area (Å²) in [6.45, 7) is 10.00. The Balaban J connectivity index is 0.000000199. The van der Waals surface area contributed by atoms with Crippen molar-refractivity contribution in [3.05, 3.63) is 107 Å². The van der Waals surface area contributed by atoms with Crippen LogP contribution in [0.1, 0.15) is 105 Å². The molecular formula is C50H76N4O6. The molecule has 3 heterocycles. The molecule has 4 N–H and O–H groups in total. The molecule has 332 valence electrons. The maximum Gasteiger partial charge on any atom is 0.0991 e. The first-order valence-corrected chi connectivity index (χ1v) is 22.7. The van der Waals surface area contributed by atoms with Gasteiger partial charge in [0.05, 0.1) is 29.4 Å². The van der Waals surface area contributed by atoms with Crippen LogP contribution in [0.5, 0.6) is 0 Å². The second kappa shape index (κ2) is 29.9. The summed E-state index contributed by atoms with van der Waals surface area (Å²) in [6.07, 6.45) is 12.0. The van der Waals surface area contributed by atoms with Gasteiger partial charge >= 0.3 is 0 Å². The molecule has 0 bridgehead atoms. The van der Waals surface area contributed by atoms with Gasteiger partial charge in [-0.1, -0.05) is 72.8 Å². The third-order valence-corrected chi connectivity index (χ3v) is 12.0. The van der Waals surface area contributed by atoms with Gasteiger partial charge in [-0.15, -0.1) is 0 Å². The molecule has 10 nitrogen and oxygen atoms in total. The predicted octanol–water partition coefficient (Wildman–Crippen LogP) is 8.12. The van der Waals surface area contributed by atoms with E-state index in [1.807, 2.05) is 48.5 Å². The topological polar surface area (TPSA) is 126 Å². The molecule has 0 saturated carbocycles. The summed E-state index contributed by atoms with van der Waals surface area (Å²) in [4.78, 5) is 0. The number of rotatable bonds is 21. The van der Waals surface area contributed by atoms with Crippen LogP contribution in [-0.4, -0.2) is 98.7 Å². The Morgan fingerprint density at radius 3 is 1.70 bits per heavy atom. The molecule has 0 aromatic heterocycles. The van der Waals surface area contributed by atoms with Crippen molar-refractivity contribution in [1.82, 2.24) is 16.0 Å². The highest BCUT2D eigenvalue weighted by molar-refractivity contribution is 5.34. The summed E-state index contributed by atoms with van der Waals surface area (Å²) in [5.74, 6) is 1.35. The zero-order chi connectivity index (χ0) is 42.5. The summed E-state index contributed by atoms with van der Waals surface area (Å²) in [5.41, 5.74) is 3.43. The Hall–Kier alpha value is -3.21. The molecule has 3 aliphatic rings. The van der Waals surface area contributed by atoms with Crippen molar-refractivity contribution in [2.24, 2.45) is 17.8 Å². The first-order valence-electron chi connectivity index (χ1n) is 22.7. The van der Waals surface area contributed by atoms with E-state index in [4.69, 9.17) is 28.9 Å². The highest BCUT2D eigenvalue weighted by atomic mass is 16.5. The number of nitrogens with zero attached hydrogens (tertiary/aromatic N) is 1. The summed E-state index contributed by atoms with van der Waals surface area (Å²) >= 11 is 0. The molecule has 6 atom stereocenters. The number of piperidine rings is 3. The van der Waals surface area contributed by atoms with Gasteiger partial charge in [-0.05, 0) is 119 Å². The number of hydrogen-bond donors (Lipinski definition) is 4. The van der Waals surface area contributed by atoms with Crippen molar-refractivity contribution in [2.75, 3.05) is 93.6 Å². The molecule has 6 rings (SSSR count). The quantitative estimate of drug-likeness (QED) is 0.0783. The van der Waals surface area contributed by atoms with Crippen LogP contribution < -0.4 is 16.0 Å². The molecule has 0 radical (unpaired) electrons. The molecule has 3 aromatic rings. The first-order chi connectivity index (χ1) is 29.5. The van der Waals surface area contributed by atoms with Crippen molar-refractivity contribution in [3.63, 3.8) is 0 Å². The molecular weight excluding hydrogens is 753 g/mol. The summed E-state index contributed by atoms with van der Waals surface area (Å²) in [5, 5.41) is 30.7. The van der Waals surface area contributed by atoms with Crippen molar-refractivity contribution in [3.8, 4) is 6.07 Å². The van der Waals surface area contributed by atoms with E-state index in [1.54, 1.807) is 21.3 Å². The fourth-order valence-corrected chi connectivity index (χ4v) is 8.74. The van der Waals surface area contributed by atoms with E-state index < -0.39 is 5.60 Å². The largest absolute Gasteiger partial charge is 0.385 e. The summed E-state index contributed by atoms with van der Waals surface area (Å²) in [6, 6.07) is 30.8. The number of benzene rings is 3. The highest BCUT2D eigenvalue weighted by Crippen LogP contribution is 2.38. The fraction of sp³-hybridized carbons (Fsp3) is 0.620. The summed E-state index contributed by atoms with van der Waals surface area (Å²) in [7, 11) is 5.17. The zero-order valence-corrected chi connectivity index (χ0v) is 37.0. The van der Waals surface area contributed by atoms with Crippen molar-refractivity contribution < 1.29 is 28.8 Å². The van der Waals surface area contributed by atoms with Gasteiger partial charge in [0, 0.05) is 91.8 Å². The minimum atomic E-state index is -0.729. The second-order valence-electron chi connectivity index (χ2n) is 16.4. The molecule has 0 unspecified atom stereocenters. The molecule has 3 fully saturated rings. The molecule has 3 saturated heterocycles. The molecule has 3 aliphatic heterocycles. The van der Waals surface area contributed by atoms with Crippen LogP contribution >= 0.6 is 0 Å². The Kier molecular flexibility index (Phi) is 24.7. The van der Waals surface area contributed by atoms with Crippen LogP contribution in [0.3, 0.4) is 0 Å². The number of aliphatic hydroxyl groups is 1. The van der Waals surface area contributed by atoms with E-state index in [-0.39, 0.29) is 12.2 Å². The SMILES string of the molecule is COCCCCO[C@@H](c1ccccc1)[C@@H]1CCCNC1.COCCCO[C@@H](c1cccc(C#N)c1)[C@@H]1CCCNC1.COCCC[C@@](O)(c1ccccc1)[C@@H]1CCCNC1. The van der Waals surface area contributed by atoms with Gasteiger partial charge in [0.15, 0.2) is 0 Å². The minimum absolute atomic E-state index is 0.0583. The molecule has 0 aliphatic carbocycles. The Morgan fingerprint density at radius 2 is 1.13 bits per heavy atom. The van der Waals surface area contributed by atoms with Crippen LogP contribution in [0.4, 0.5) is 0 Å². The average Bonchev–Trinajstić information content (AvgIpc) is 3.32. The lowest BCUT2D eigenvalue weighted by molar-refractivity contribution is -0.0458. The number of hydrogen-bond acceptors (Lipinski definition) is 10. The lowest BCUT2D eigenvalue weighted by Crippen LogP contribution is -2.44. The molecule has 0 amide bonds. The van der Waals surface area contributed by atoms with Crippen LogP contribution in [0.2, 0.25) is 0 Å². The standard InChI is InChI=1S/C17H24N2O2.C17H27NO2.C16H25NO2/c1-20-9-4-10-21-17(16-7-3-8-19-13-16)15-6-2-5-14(11-15)12-18;1-19-12-5-6-13-20-17(15-8-3-2-4-9-15)16-10-7-11-18-14-16;1-19-12-6-10-16(18,14-7-3-2-4-8-14)15-9-5-11-17-13-15/h2,5-6,11,16-17,19H,3-4,7-10,13H2,1H3;2-4,8-9,16-18H,5-7,10-14H2,1H3;2-4,7-8,15,17-18H,5-6,9-13H2,1H3/t2*16-,17+;15-,16-/m111/s1. The van der Waals surface area contributed by atoms with Gasteiger partial charge in [-0.2, -0.15) is 5.26 Å². The molecule has 10 heteroatoms. The van der Waals surface area contributed by atoms with Crippen molar-refractivity contribution >= 4 is 0 Å². The van der Waals surface area contributed by atoms with E-state index in [0.29, 0.717) is 43.1 Å². The van der Waals surface area contributed by atoms with E-state index in [0.717, 1.165) is 109 Å². The van der Waals surface area contributed by atoms with E-state index in [2.05, 4.69) is 58.4 Å². The monoisotopic (exact) mass is 829 g/mol. The van der Waals surface area contributed by atoms with Crippen molar-refractivity contribution in [1.29, 1.82) is 5.26 Å². The van der Waals surface area contributed by atoms with E-state index in [9.17, 15) is 5.11 Å². The minimum Gasteiger partial charge on any atom is -0.385 e. The number of nitriles is 1. The number of nitrogens with one attached hydrogen (secondary N) is 3. The lowest BCUT2D eigenvalue weighted by atomic mass is 9.75.